The zero-order valence-corrected chi connectivity index (χ0v) is 13.4. The number of anilines is 1. The summed E-state index contributed by atoms with van der Waals surface area (Å²) < 4.78 is 0.840. The number of Topliss-reactive ketones (excluding diaryl/α,β-unsaturated/α-hetero) is 1. The Hall–Kier alpha value is -3.48. The largest absolute Gasteiger partial charge is 0.329 e. The summed E-state index contributed by atoms with van der Waals surface area (Å²) in [6.07, 6.45) is 0. The highest BCUT2D eigenvalue weighted by molar-refractivity contribution is 5.97. The molecule has 3 aromatic rings. The number of benzene rings is 2. The van der Waals surface area contributed by atoms with Gasteiger partial charge in [-0.15, -0.1) is 0 Å². The lowest BCUT2D eigenvalue weighted by molar-refractivity contribution is -0.116. The molecule has 7 heteroatoms. The molecule has 0 radical (unpaired) electrons. The average molecular weight is 337 g/mol. The van der Waals surface area contributed by atoms with Crippen LogP contribution in [0, 0.1) is 0 Å². The first-order chi connectivity index (χ1) is 12.0. The van der Waals surface area contributed by atoms with Crippen LogP contribution in [0.1, 0.15) is 17.3 Å². The van der Waals surface area contributed by atoms with Crippen LogP contribution in [0.2, 0.25) is 0 Å². The van der Waals surface area contributed by atoms with Crippen molar-refractivity contribution in [2.24, 2.45) is 0 Å². The maximum Gasteiger partial charge on any atom is 0.329 e. The predicted molar refractivity (Wildman–Crippen MR) is 93.9 cm³/mol. The highest BCUT2D eigenvalue weighted by Gasteiger charge is 2.11. The molecule has 2 N–H and O–H groups in total. The van der Waals surface area contributed by atoms with Crippen LogP contribution >= 0.6 is 0 Å². The number of hydrogen-bond acceptors (Lipinski definition) is 4. The van der Waals surface area contributed by atoms with E-state index in [0.717, 1.165) is 4.57 Å². The second kappa shape index (κ2) is 6.56. The molecule has 0 saturated heterocycles. The summed E-state index contributed by atoms with van der Waals surface area (Å²) in [6.45, 7) is 0.998. The molecule has 0 fully saturated rings. The van der Waals surface area contributed by atoms with Crippen molar-refractivity contribution in [3.63, 3.8) is 0 Å². The van der Waals surface area contributed by atoms with Gasteiger partial charge in [0, 0.05) is 11.3 Å². The number of carbonyl (C=O) groups excluding carboxylic acids is 2. The lowest BCUT2D eigenvalue weighted by Crippen LogP contribution is -2.38. The summed E-state index contributed by atoms with van der Waals surface area (Å²) in [6, 6.07) is 13.0. The number of H-pyrrole nitrogens is 1. The van der Waals surface area contributed by atoms with Crippen LogP contribution in [0.4, 0.5) is 5.69 Å². The number of nitrogens with one attached hydrogen (secondary N) is 2. The van der Waals surface area contributed by atoms with Gasteiger partial charge in [0.25, 0.3) is 5.56 Å². The van der Waals surface area contributed by atoms with Gasteiger partial charge in [-0.05, 0) is 31.2 Å². The Labute approximate surface area is 141 Å². The predicted octanol–water partition coefficient (Wildman–Crippen LogP) is 1.53. The smallest absolute Gasteiger partial charge is 0.325 e. The molecule has 0 unspecified atom stereocenters. The van der Waals surface area contributed by atoms with Gasteiger partial charge in [-0.3, -0.25) is 19.0 Å². The molecule has 0 spiro atoms. The molecule has 25 heavy (non-hydrogen) atoms. The van der Waals surface area contributed by atoms with E-state index >= 15 is 0 Å². The monoisotopic (exact) mass is 337 g/mol. The maximum atomic E-state index is 12.4. The first-order valence-corrected chi connectivity index (χ1v) is 7.58. The van der Waals surface area contributed by atoms with Gasteiger partial charge in [0.15, 0.2) is 5.78 Å². The van der Waals surface area contributed by atoms with Gasteiger partial charge in [-0.1, -0.05) is 24.3 Å². The molecule has 2 aromatic carbocycles. The van der Waals surface area contributed by atoms with Crippen LogP contribution in [0.5, 0.6) is 0 Å². The SMILES string of the molecule is CC(=O)c1cccc(NC(=O)Cn2c(=O)[nH]c3ccccc3c2=O)c1. The second-order valence-corrected chi connectivity index (χ2v) is 5.55. The molecule has 0 saturated carbocycles. The molecule has 0 aliphatic heterocycles. The lowest BCUT2D eigenvalue weighted by Gasteiger charge is -2.08. The second-order valence-electron chi connectivity index (χ2n) is 5.55. The molecule has 126 valence electrons. The Morgan fingerprint density at radius 2 is 1.84 bits per heavy atom. The van der Waals surface area contributed by atoms with Crippen LogP contribution in [0.15, 0.2) is 58.1 Å². The molecular weight excluding hydrogens is 322 g/mol. The average Bonchev–Trinajstić information content (AvgIpc) is 2.59. The number of ketones is 1. The minimum absolute atomic E-state index is 0.127. The normalized spacial score (nSPS) is 10.6. The van der Waals surface area contributed by atoms with E-state index in [1.165, 1.54) is 13.0 Å². The van der Waals surface area contributed by atoms with Crippen molar-refractivity contribution in [1.82, 2.24) is 9.55 Å². The molecule has 0 bridgehead atoms. The molecular formula is C18H15N3O4. The topological polar surface area (TPSA) is 101 Å². The van der Waals surface area contributed by atoms with Crippen LogP contribution < -0.4 is 16.6 Å². The summed E-state index contributed by atoms with van der Waals surface area (Å²) >= 11 is 0. The quantitative estimate of drug-likeness (QED) is 0.705. The van der Waals surface area contributed by atoms with Gasteiger partial charge in [0.2, 0.25) is 5.91 Å². The number of para-hydroxylation sites is 1. The third kappa shape index (κ3) is 3.40. The van der Waals surface area contributed by atoms with Crippen molar-refractivity contribution in [2.45, 2.75) is 13.5 Å². The Balaban J connectivity index is 1.88. The standard InChI is InChI=1S/C18H15N3O4/c1-11(22)12-5-4-6-13(9-12)19-16(23)10-21-17(24)14-7-2-3-8-15(14)20-18(21)25/h2-9H,10H2,1H3,(H,19,23)(H,20,25). The summed E-state index contributed by atoms with van der Waals surface area (Å²) in [7, 11) is 0. The summed E-state index contributed by atoms with van der Waals surface area (Å²) in [5.74, 6) is -0.665. The Bertz CT molecular complexity index is 1100. The summed E-state index contributed by atoms with van der Waals surface area (Å²) in [5.41, 5.74) is 0.105. The van der Waals surface area contributed by atoms with Crippen molar-refractivity contribution < 1.29 is 9.59 Å². The summed E-state index contributed by atoms with van der Waals surface area (Å²) in [5, 5.41) is 2.91. The minimum atomic E-state index is -0.656. The Morgan fingerprint density at radius 3 is 2.60 bits per heavy atom. The zero-order valence-electron chi connectivity index (χ0n) is 13.4. The van der Waals surface area contributed by atoms with Crippen LogP contribution in [0.25, 0.3) is 10.9 Å². The van der Waals surface area contributed by atoms with Gasteiger partial charge in [0.1, 0.15) is 6.54 Å². The molecule has 0 aliphatic carbocycles. The van der Waals surface area contributed by atoms with E-state index in [1.807, 2.05) is 0 Å². The highest BCUT2D eigenvalue weighted by Crippen LogP contribution is 2.11. The highest BCUT2D eigenvalue weighted by atomic mass is 16.2. The minimum Gasteiger partial charge on any atom is -0.325 e. The van der Waals surface area contributed by atoms with Crippen LogP contribution in [-0.2, 0) is 11.3 Å². The van der Waals surface area contributed by atoms with Gasteiger partial charge in [-0.2, -0.15) is 0 Å². The van der Waals surface area contributed by atoms with E-state index in [2.05, 4.69) is 10.3 Å². The number of aromatic amines is 1. The van der Waals surface area contributed by atoms with E-state index in [9.17, 15) is 19.2 Å². The first-order valence-electron chi connectivity index (χ1n) is 7.58. The van der Waals surface area contributed by atoms with Crippen molar-refractivity contribution in [1.29, 1.82) is 0 Å². The molecule has 0 atom stereocenters. The van der Waals surface area contributed by atoms with Gasteiger partial charge >= 0.3 is 5.69 Å². The number of hydrogen-bond donors (Lipinski definition) is 2. The van der Waals surface area contributed by atoms with E-state index in [0.29, 0.717) is 22.2 Å². The fourth-order valence-electron chi connectivity index (χ4n) is 2.50. The number of aromatic nitrogens is 2. The third-order valence-corrected chi connectivity index (χ3v) is 3.74. The van der Waals surface area contributed by atoms with Crippen molar-refractivity contribution >= 4 is 28.3 Å². The van der Waals surface area contributed by atoms with Gasteiger partial charge in [-0.25, -0.2) is 4.79 Å². The third-order valence-electron chi connectivity index (χ3n) is 3.74. The van der Waals surface area contributed by atoms with Crippen LogP contribution in [-0.4, -0.2) is 21.2 Å². The maximum absolute atomic E-state index is 12.4. The molecule has 1 heterocycles. The molecule has 0 aliphatic rings. The van der Waals surface area contributed by atoms with E-state index < -0.39 is 23.7 Å². The van der Waals surface area contributed by atoms with Crippen molar-refractivity contribution in [3.8, 4) is 0 Å². The fourth-order valence-corrected chi connectivity index (χ4v) is 2.50. The van der Waals surface area contributed by atoms with Gasteiger partial charge < -0.3 is 10.3 Å². The van der Waals surface area contributed by atoms with E-state index in [4.69, 9.17) is 0 Å². The van der Waals surface area contributed by atoms with E-state index in [-0.39, 0.29) is 5.78 Å². The number of carbonyl (C=O) groups is 2. The summed E-state index contributed by atoms with van der Waals surface area (Å²) in [4.78, 5) is 50.6. The number of amides is 1. The Morgan fingerprint density at radius 1 is 1.08 bits per heavy atom. The number of nitrogens with zero attached hydrogens (tertiary/aromatic N) is 1. The van der Waals surface area contributed by atoms with Crippen molar-refractivity contribution in [2.75, 3.05) is 5.32 Å². The first kappa shape index (κ1) is 16.4. The molecule has 7 nitrogen and oxygen atoms in total. The molecule has 1 aromatic heterocycles. The number of rotatable bonds is 4. The molecule has 1 amide bonds. The van der Waals surface area contributed by atoms with Crippen LogP contribution in [0.3, 0.4) is 0 Å². The lowest BCUT2D eigenvalue weighted by atomic mass is 10.1. The zero-order chi connectivity index (χ0) is 18.0. The van der Waals surface area contributed by atoms with Crippen molar-refractivity contribution in [3.05, 3.63) is 74.9 Å². The van der Waals surface area contributed by atoms with E-state index in [1.54, 1.807) is 42.5 Å². The van der Waals surface area contributed by atoms with Gasteiger partial charge in [0.05, 0.1) is 10.9 Å². The number of fused-ring (bicyclic) bond motifs is 1. The molecule has 3 rings (SSSR count). The Kier molecular flexibility index (Phi) is 4.30. The fraction of sp³-hybridized carbons (Fsp3) is 0.111.